The van der Waals surface area contributed by atoms with Crippen LogP contribution in [0.2, 0.25) is 0 Å². The molecule has 1 saturated heterocycles. The average Bonchev–Trinajstić information content (AvgIpc) is 3.15. The van der Waals surface area contributed by atoms with Gasteiger partial charge in [-0.05, 0) is 24.3 Å². The fourth-order valence-electron chi connectivity index (χ4n) is 2.33. The van der Waals surface area contributed by atoms with Crippen molar-refractivity contribution in [3.05, 3.63) is 52.6 Å². The Labute approximate surface area is 160 Å². The normalized spacial score (nSPS) is 16.4. The van der Waals surface area contributed by atoms with Crippen LogP contribution < -0.4 is 5.11 Å². The third kappa shape index (κ3) is 4.22. The number of carboxylic acids is 1. The molecule has 5 nitrogen and oxygen atoms in total. The summed E-state index contributed by atoms with van der Waals surface area (Å²) in [6, 6.07) is 7.62. The van der Waals surface area contributed by atoms with E-state index in [-0.39, 0.29) is 26.3 Å². The second-order valence-electron chi connectivity index (χ2n) is 5.42. The van der Waals surface area contributed by atoms with Gasteiger partial charge >= 0.3 is 6.18 Å². The lowest BCUT2D eigenvalue weighted by Gasteiger charge is -2.14. The molecule has 0 saturated carbocycles. The Kier molecular flexibility index (Phi) is 5.11. The van der Waals surface area contributed by atoms with E-state index < -0.39 is 30.2 Å². The van der Waals surface area contributed by atoms with Gasteiger partial charge in [0.05, 0.1) is 23.0 Å². The monoisotopic (exact) mass is 412 g/mol. The van der Waals surface area contributed by atoms with E-state index in [0.717, 1.165) is 28.8 Å². The van der Waals surface area contributed by atoms with Gasteiger partial charge in [0.25, 0.3) is 5.91 Å². The Bertz CT molecular complexity index is 965. The van der Waals surface area contributed by atoms with Crippen molar-refractivity contribution >= 4 is 46.3 Å². The molecule has 0 radical (unpaired) electrons. The summed E-state index contributed by atoms with van der Waals surface area (Å²) in [6.07, 6.45) is -3.12. The Morgan fingerprint density at radius 2 is 2.04 bits per heavy atom. The van der Waals surface area contributed by atoms with Crippen LogP contribution in [0.1, 0.15) is 11.3 Å². The third-order valence-corrected chi connectivity index (χ3v) is 4.91. The molecular formula is C17H9F3NO4S2-. The Morgan fingerprint density at radius 1 is 1.30 bits per heavy atom. The van der Waals surface area contributed by atoms with Crippen LogP contribution in [-0.2, 0) is 15.8 Å². The van der Waals surface area contributed by atoms with Crippen molar-refractivity contribution in [3.8, 4) is 11.3 Å². The molecule has 1 aromatic carbocycles. The first kappa shape index (κ1) is 19.2. The summed E-state index contributed by atoms with van der Waals surface area (Å²) in [6.45, 7) is -0.657. The van der Waals surface area contributed by atoms with Gasteiger partial charge in [0.1, 0.15) is 15.8 Å². The average molecular weight is 412 g/mol. The summed E-state index contributed by atoms with van der Waals surface area (Å²) in [7, 11) is 0. The number of hydrogen-bond acceptors (Lipinski definition) is 6. The van der Waals surface area contributed by atoms with Crippen molar-refractivity contribution in [1.29, 1.82) is 0 Å². The third-order valence-electron chi connectivity index (χ3n) is 3.54. The number of furan rings is 1. The van der Waals surface area contributed by atoms with Crippen LogP contribution in [0.5, 0.6) is 0 Å². The van der Waals surface area contributed by atoms with E-state index in [1.165, 1.54) is 30.3 Å². The van der Waals surface area contributed by atoms with Gasteiger partial charge in [-0.2, -0.15) is 13.2 Å². The topological polar surface area (TPSA) is 73.6 Å². The SMILES string of the molecule is O=C([O-])CN1C(=O)/C(=C\c2ccc(-c3cccc(C(F)(F)F)c3)o2)SC1=S. The number of thioether (sulfide) groups is 1. The number of benzene rings is 1. The number of amides is 1. The highest BCUT2D eigenvalue weighted by Gasteiger charge is 2.32. The van der Waals surface area contributed by atoms with Gasteiger partial charge in [0.15, 0.2) is 0 Å². The van der Waals surface area contributed by atoms with E-state index in [2.05, 4.69) is 0 Å². The molecule has 1 aliphatic rings. The van der Waals surface area contributed by atoms with E-state index in [1.807, 2.05) is 0 Å². The number of carbonyl (C=O) groups is 2. The maximum absolute atomic E-state index is 12.8. The first-order chi connectivity index (χ1) is 12.6. The molecule has 2 heterocycles. The van der Waals surface area contributed by atoms with Gasteiger partial charge in [-0.15, -0.1) is 0 Å². The highest BCUT2D eigenvalue weighted by atomic mass is 32.2. The molecule has 0 spiro atoms. The van der Waals surface area contributed by atoms with Gasteiger partial charge < -0.3 is 14.3 Å². The minimum atomic E-state index is -4.47. The van der Waals surface area contributed by atoms with E-state index in [0.29, 0.717) is 0 Å². The number of aliphatic carboxylic acids is 1. The van der Waals surface area contributed by atoms with Crippen molar-refractivity contribution in [3.63, 3.8) is 0 Å². The first-order valence-electron chi connectivity index (χ1n) is 7.38. The van der Waals surface area contributed by atoms with Crippen LogP contribution in [0, 0.1) is 0 Å². The zero-order valence-electron chi connectivity index (χ0n) is 13.3. The molecule has 140 valence electrons. The van der Waals surface area contributed by atoms with E-state index >= 15 is 0 Å². The Balaban J connectivity index is 1.85. The maximum atomic E-state index is 12.8. The second kappa shape index (κ2) is 7.20. The molecule has 1 aromatic heterocycles. The molecule has 0 unspecified atom stereocenters. The van der Waals surface area contributed by atoms with Crippen molar-refractivity contribution < 1.29 is 32.3 Å². The van der Waals surface area contributed by atoms with Crippen molar-refractivity contribution in [2.45, 2.75) is 6.18 Å². The molecule has 1 fully saturated rings. The minimum absolute atomic E-state index is 0.0695. The van der Waals surface area contributed by atoms with E-state index in [4.69, 9.17) is 16.6 Å². The number of halogens is 3. The standard InChI is InChI=1S/C17H10F3NO4S2/c18-17(19,20)10-3-1-2-9(6-10)12-5-4-11(25-12)7-13-15(24)21(8-14(22)23)16(26)27-13/h1-7H,8H2,(H,22,23)/p-1/b13-7+. The summed E-state index contributed by atoms with van der Waals surface area (Å²) in [4.78, 5) is 23.9. The zero-order chi connectivity index (χ0) is 19.8. The number of hydrogen-bond donors (Lipinski definition) is 0. The lowest BCUT2D eigenvalue weighted by Crippen LogP contribution is -2.40. The predicted octanol–water partition coefficient (Wildman–Crippen LogP) is 2.92. The van der Waals surface area contributed by atoms with Crippen LogP contribution in [-0.4, -0.2) is 27.6 Å². The zero-order valence-corrected chi connectivity index (χ0v) is 14.9. The van der Waals surface area contributed by atoms with Gasteiger partial charge in [0, 0.05) is 11.6 Å². The molecule has 2 aromatic rings. The lowest BCUT2D eigenvalue weighted by molar-refractivity contribution is -0.305. The Hall–Kier alpha value is -2.59. The number of carbonyl (C=O) groups excluding carboxylic acids is 2. The van der Waals surface area contributed by atoms with E-state index in [9.17, 15) is 27.9 Å². The summed E-state index contributed by atoms with van der Waals surface area (Å²) in [5.41, 5.74) is -0.574. The second-order valence-corrected chi connectivity index (χ2v) is 7.10. The molecule has 3 rings (SSSR count). The highest BCUT2D eigenvalue weighted by molar-refractivity contribution is 8.26. The minimum Gasteiger partial charge on any atom is -0.548 e. The van der Waals surface area contributed by atoms with Crippen LogP contribution >= 0.6 is 24.0 Å². The molecule has 1 aliphatic heterocycles. The smallest absolute Gasteiger partial charge is 0.416 e. The largest absolute Gasteiger partial charge is 0.548 e. The van der Waals surface area contributed by atoms with Gasteiger partial charge in [-0.3, -0.25) is 9.69 Å². The van der Waals surface area contributed by atoms with Crippen molar-refractivity contribution in [2.24, 2.45) is 0 Å². The van der Waals surface area contributed by atoms with E-state index in [1.54, 1.807) is 0 Å². The summed E-state index contributed by atoms with van der Waals surface area (Å²) >= 11 is 5.86. The van der Waals surface area contributed by atoms with Gasteiger partial charge in [-0.1, -0.05) is 36.1 Å². The van der Waals surface area contributed by atoms with Crippen LogP contribution in [0.25, 0.3) is 17.4 Å². The summed E-state index contributed by atoms with van der Waals surface area (Å²) in [5.74, 6) is -1.64. The molecule has 27 heavy (non-hydrogen) atoms. The molecule has 0 atom stereocenters. The summed E-state index contributed by atoms with van der Waals surface area (Å²) < 4.78 is 44.0. The molecule has 0 bridgehead atoms. The molecule has 10 heteroatoms. The maximum Gasteiger partial charge on any atom is 0.416 e. The van der Waals surface area contributed by atoms with Crippen LogP contribution in [0.15, 0.2) is 45.7 Å². The summed E-state index contributed by atoms with van der Waals surface area (Å²) in [5, 5.41) is 10.7. The fraction of sp³-hybridized carbons (Fsp3) is 0.118. The predicted molar refractivity (Wildman–Crippen MR) is 94.0 cm³/mol. The van der Waals surface area contributed by atoms with Gasteiger partial charge in [-0.25, -0.2) is 0 Å². The fourth-order valence-corrected chi connectivity index (χ4v) is 3.56. The quantitative estimate of drug-likeness (QED) is 0.568. The first-order valence-corrected chi connectivity index (χ1v) is 8.60. The molecule has 1 amide bonds. The van der Waals surface area contributed by atoms with Crippen LogP contribution in [0.3, 0.4) is 0 Å². The molecule has 0 aliphatic carbocycles. The van der Waals surface area contributed by atoms with Crippen molar-refractivity contribution in [2.75, 3.05) is 6.54 Å². The number of alkyl halides is 3. The number of carboxylic acid groups (broad SMARTS) is 1. The molecular weight excluding hydrogens is 403 g/mol. The number of nitrogens with zero attached hydrogens (tertiary/aromatic N) is 1. The number of thiocarbonyl (C=S) groups is 1. The lowest BCUT2D eigenvalue weighted by atomic mass is 10.1. The number of rotatable bonds is 4. The van der Waals surface area contributed by atoms with Crippen LogP contribution in [0.4, 0.5) is 13.2 Å². The highest BCUT2D eigenvalue weighted by Crippen LogP contribution is 2.35. The van der Waals surface area contributed by atoms with Gasteiger partial charge in [0.2, 0.25) is 0 Å². The Morgan fingerprint density at radius 3 is 2.70 bits per heavy atom. The molecule has 0 N–H and O–H groups in total. The van der Waals surface area contributed by atoms with Crippen molar-refractivity contribution in [1.82, 2.24) is 4.90 Å².